The minimum absolute atomic E-state index is 0.873. The van der Waals surface area contributed by atoms with Gasteiger partial charge in [0.15, 0.2) is 25.2 Å². The van der Waals surface area contributed by atoms with Gasteiger partial charge in [-0.3, -0.25) is 19.2 Å². The number of aliphatic hydroxyl groups is 18. The normalized spacial score (nSPS) is 43.5. The van der Waals surface area contributed by atoms with Crippen molar-refractivity contribution < 1.29 is 188 Å². The summed E-state index contributed by atoms with van der Waals surface area (Å²) in [6.07, 6.45) is -61.0. The van der Waals surface area contributed by atoms with Gasteiger partial charge < -0.3 is 175 Å². The first-order valence-corrected chi connectivity index (χ1v) is 28.3. The summed E-state index contributed by atoms with van der Waals surface area (Å²) in [6.45, 7) is -3.23. The lowest BCUT2D eigenvalue weighted by Crippen LogP contribution is -2.72. The van der Waals surface area contributed by atoms with Crippen LogP contribution in [-0.2, 0) is 85.6 Å². The van der Waals surface area contributed by atoms with Gasteiger partial charge in [-0.2, -0.15) is 0 Å². The number of rotatable bonds is 26. The summed E-state index contributed by atoms with van der Waals surface area (Å²) in [5.74, 6) is -15.1. The van der Waals surface area contributed by atoms with Crippen molar-refractivity contribution in [2.24, 2.45) is 0 Å². The molecular formula is C50H81N3O38. The molecule has 0 bridgehead atoms. The van der Waals surface area contributed by atoms with E-state index in [4.69, 9.17) is 56.8 Å². The first-order chi connectivity index (χ1) is 42.6. The molecule has 41 heteroatoms. The second kappa shape index (κ2) is 31.9. The molecule has 6 rings (SSSR count). The SMILES string of the molecule is CC(=O)N[C@H]1[C@H](O[C@H]2[C@@H](O)[C@@H](CO)O[C@@H](O[C@H]3[C@H](O)[C@@H](O)[C@H](O)O[C@@H]3CO)[C@@H]2O)O[C@H](CO)[C@@H](O[C@@H]2O[C@H](CO)[C@H](O)[C@H](O[C@]3(C(=O)O)C[C@H](O)[C@@H](NC(C)=O)[C@H]([C@H](O)[C@@H](CO)O[C@]4(C(=O)O)C[C@H](O)[C@@H](NC(C)=O)[C@H]([C@H](O)[C@H](O)COC(C)=O)O4)O3)[C@H]2O)[C@@H]1O. The second-order valence-corrected chi connectivity index (χ2v) is 22.4. The Bertz CT molecular complexity index is 2440. The van der Waals surface area contributed by atoms with Gasteiger partial charge in [0, 0.05) is 40.5 Å². The average Bonchev–Trinajstić information content (AvgIpc) is 0.768. The van der Waals surface area contributed by atoms with Gasteiger partial charge in [-0.05, 0) is 0 Å². The second-order valence-electron chi connectivity index (χ2n) is 22.4. The van der Waals surface area contributed by atoms with E-state index in [1.54, 1.807) is 0 Å². The molecule has 0 spiro atoms. The molecule has 3 amide bonds. The van der Waals surface area contributed by atoms with Crippen LogP contribution in [0.25, 0.3) is 0 Å². The molecule has 0 radical (unpaired) electrons. The smallest absolute Gasteiger partial charge is 0.364 e. The highest BCUT2D eigenvalue weighted by Crippen LogP contribution is 2.41. The van der Waals surface area contributed by atoms with E-state index in [2.05, 4.69) is 16.0 Å². The number of aliphatic carboxylic acids is 2. The maximum Gasteiger partial charge on any atom is 0.364 e. The monoisotopic (exact) mass is 1330 g/mol. The van der Waals surface area contributed by atoms with Crippen LogP contribution < -0.4 is 16.0 Å². The predicted octanol–water partition coefficient (Wildman–Crippen LogP) is -14.7. The Kier molecular flexibility index (Phi) is 26.6. The zero-order chi connectivity index (χ0) is 68.0. The maximum atomic E-state index is 13.6. The number of esters is 1. The van der Waals surface area contributed by atoms with Crippen molar-refractivity contribution in [1.82, 2.24) is 16.0 Å². The highest BCUT2D eigenvalue weighted by Gasteiger charge is 2.63. The highest BCUT2D eigenvalue weighted by molar-refractivity contribution is 5.77. The molecule has 0 aromatic rings. The molecule has 524 valence electrons. The van der Waals surface area contributed by atoms with Crippen molar-refractivity contribution in [1.29, 1.82) is 0 Å². The van der Waals surface area contributed by atoms with Crippen LogP contribution in [0.3, 0.4) is 0 Å². The van der Waals surface area contributed by atoms with Crippen LogP contribution in [0.15, 0.2) is 0 Å². The summed E-state index contributed by atoms with van der Waals surface area (Å²) in [5, 5.41) is 226. The van der Waals surface area contributed by atoms with Gasteiger partial charge in [-0.1, -0.05) is 0 Å². The van der Waals surface area contributed by atoms with Crippen LogP contribution in [0.2, 0.25) is 0 Å². The molecule has 6 fully saturated rings. The molecule has 0 aliphatic carbocycles. The number of carbonyl (C=O) groups is 6. The van der Waals surface area contributed by atoms with Gasteiger partial charge in [0.05, 0.1) is 57.3 Å². The number of nitrogens with one attached hydrogen (secondary N) is 3. The molecular weight excluding hydrogens is 1250 g/mol. The number of carbonyl (C=O) groups excluding carboxylic acids is 4. The van der Waals surface area contributed by atoms with E-state index < -0.39 is 283 Å². The third kappa shape index (κ3) is 16.8. The summed E-state index contributed by atoms with van der Waals surface area (Å²) in [4.78, 5) is 75.8. The molecule has 41 nitrogen and oxygen atoms in total. The van der Waals surface area contributed by atoms with Crippen LogP contribution >= 0.6 is 0 Å². The maximum absolute atomic E-state index is 13.6. The Labute approximate surface area is 513 Å². The molecule has 6 aliphatic heterocycles. The fraction of sp³-hybridized carbons (Fsp3) is 0.880. The van der Waals surface area contributed by atoms with Gasteiger partial charge in [0.25, 0.3) is 11.6 Å². The molecule has 0 aromatic heterocycles. The van der Waals surface area contributed by atoms with Crippen LogP contribution in [-0.4, -0.2) is 373 Å². The van der Waals surface area contributed by atoms with Gasteiger partial charge in [-0.15, -0.1) is 0 Å². The van der Waals surface area contributed by atoms with E-state index in [1.165, 1.54) is 0 Å². The Morgan fingerprint density at radius 3 is 1.37 bits per heavy atom. The van der Waals surface area contributed by atoms with Crippen LogP contribution in [0.1, 0.15) is 40.5 Å². The Balaban J connectivity index is 1.28. The number of aliphatic hydroxyl groups excluding tert-OH is 18. The standard InChI is InChI=1S/C50H81N3O38/c1-13(59)51-25-17(63)5-49(47(76)77,89-39(25)28(66)19(65)12-80-16(4)62)88-22(9-56)31(69)40-26(52-14(2)60)18(64)6-50(90-40,48(78)79)91-42-30(68)21(8-55)83-46(36(42)74)85-37-24(11-58)84-44(27(32(37)70)53-15(3)61)87-41-29(67)20(7-54)82-45(35(41)73)86-38-23(10-57)81-43(75)34(72)33(38)71/h17-46,54-58,63-75H,5-12H2,1-4H3,(H,51,59)(H,52,60)(H,53,61)(H,76,77)(H,78,79)/t17-,18-,19+,20+,21+,22+,23+,24+,25+,26+,27+,28+,29-,30-,31+,32+,33+,34+,35+,36+,37+,38+,39+,40+,41-,42-,43+,44-,45-,46-,49+,50-/m0/s1. The Hall–Kier alpha value is -4.34. The molecule has 32 atom stereocenters. The summed E-state index contributed by atoms with van der Waals surface area (Å²) in [7, 11) is 0. The lowest BCUT2D eigenvalue weighted by molar-refractivity contribution is -0.391. The zero-order valence-corrected chi connectivity index (χ0v) is 48.8. The van der Waals surface area contributed by atoms with Crippen molar-refractivity contribution in [2.45, 2.75) is 236 Å². The van der Waals surface area contributed by atoms with Crippen molar-refractivity contribution >= 4 is 35.6 Å². The van der Waals surface area contributed by atoms with E-state index in [0.29, 0.717) is 0 Å². The van der Waals surface area contributed by atoms with E-state index >= 15 is 0 Å². The fourth-order valence-electron chi connectivity index (χ4n) is 11.3. The molecule has 91 heavy (non-hydrogen) atoms. The third-order valence-electron chi connectivity index (χ3n) is 15.9. The van der Waals surface area contributed by atoms with E-state index in [1.807, 2.05) is 0 Å². The number of carboxylic acids is 2. The first-order valence-electron chi connectivity index (χ1n) is 28.3. The van der Waals surface area contributed by atoms with Crippen molar-refractivity contribution in [3.63, 3.8) is 0 Å². The number of amides is 3. The van der Waals surface area contributed by atoms with Crippen molar-refractivity contribution in [3.05, 3.63) is 0 Å². The van der Waals surface area contributed by atoms with Crippen molar-refractivity contribution in [2.75, 3.05) is 39.6 Å². The highest BCUT2D eigenvalue weighted by atomic mass is 16.8. The summed E-state index contributed by atoms with van der Waals surface area (Å²) in [5.41, 5.74) is 0. The summed E-state index contributed by atoms with van der Waals surface area (Å²) in [6, 6.07) is -5.71. The summed E-state index contributed by atoms with van der Waals surface area (Å²) < 4.78 is 67.1. The number of ether oxygens (including phenoxy) is 12. The fourth-order valence-corrected chi connectivity index (χ4v) is 11.3. The van der Waals surface area contributed by atoms with Crippen LogP contribution in [0, 0.1) is 0 Å². The van der Waals surface area contributed by atoms with Crippen molar-refractivity contribution in [3.8, 4) is 0 Å². The van der Waals surface area contributed by atoms with Crippen LogP contribution in [0.4, 0.5) is 0 Å². The minimum Gasteiger partial charge on any atom is -0.477 e. The predicted molar refractivity (Wildman–Crippen MR) is 278 cm³/mol. The van der Waals surface area contributed by atoms with E-state index in [9.17, 15) is 131 Å². The Morgan fingerprint density at radius 1 is 0.484 bits per heavy atom. The Morgan fingerprint density at radius 2 is 0.901 bits per heavy atom. The lowest BCUT2D eigenvalue weighted by Gasteiger charge is -2.52. The molecule has 6 saturated heterocycles. The van der Waals surface area contributed by atoms with Gasteiger partial charge in [0.1, 0.15) is 141 Å². The molecule has 23 N–H and O–H groups in total. The van der Waals surface area contributed by atoms with E-state index in [-0.39, 0.29) is 0 Å². The third-order valence-corrected chi connectivity index (χ3v) is 15.9. The zero-order valence-electron chi connectivity index (χ0n) is 48.8. The number of hydrogen-bond acceptors (Lipinski definition) is 36. The molecule has 6 heterocycles. The summed E-state index contributed by atoms with van der Waals surface area (Å²) >= 11 is 0. The molecule has 0 unspecified atom stereocenters. The molecule has 6 aliphatic rings. The minimum atomic E-state index is -3.50. The van der Waals surface area contributed by atoms with E-state index in [0.717, 1.165) is 27.7 Å². The number of hydrogen-bond donors (Lipinski definition) is 23. The van der Waals surface area contributed by atoms with Gasteiger partial charge >= 0.3 is 17.9 Å². The number of carboxylic acid groups (broad SMARTS) is 2. The lowest BCUT2D eigenvalue weighted by atomic mass is 9.87. The largest absolute Gasteiger partial charge is 0.477 e. The topological polar surface area (TPSA) is 654 Å². The quantitative estimate of drug-likeness (QED) is 0.0358. The molecule has 0 saturated carbocycles. The average molecular weight is 1330 g/mol. The van der Waals surface area contributed by atoms with Gasteiger partial charge in [-0.25, -0.2) is 9.59 Å². The van der Waals surface area contributed by atoms with Gasteiger partial charge in [0.2, 0.25) is 17.7 Å². The molecule has 0 aromatic carbocycles. The van der Waals surface area contributed by atoms with Crippen LogP contribution in [0.5, 0.6) is 0 Å². The first kappa shape index (κ1) is 75.7.